The van der Waals surface area contributed by atoms with E-state index in [1.54, 1.807) is 7.11 Å². The van der Waals surface area contributed by atoms with Crippen molar-refractivity contribution in [2.45, 2.75) is 41.2 Å². The number of pyridine rings is 1. The highest BCUT2D eigenvalue weighted by Gasteiger charge is 2.22. The van der Waals surface area contributed by atoms with E-state index in [9.17, 15) is 4.79 Å². The van der Waals surface area contributed by atoms with Gasteiger partial charge in [0.25, 0.3) is 0 Å². The first kappa shape index (κ1) is 22.5. The minimum atomic E-state index is -0.478. The zero-order chi connectivity index (χ0) is 23.8. The van der Waals surface area contributed by atoms with Crippen molar-refractivity contribution in [2.24, 2.45) is 5.41 Å². The number of aryl methyl sites for hydroxylation is 2. The fraction of sp³-hybridized carbons (Fsp3) is 0.296. The van der Waals surface area contributed by atoms with Crippen molar-refractivity contribution < 1.29 is 9.53 Å². The molecule has 1 amide bonds. The van der Waals surface area contributed by atoms with E-state index >= 15 is 0 Å². The van der Waals surface area contributed by atoms with Gasteiger partial charge in [0.1, 0.15) is 17.1 Å². The maximum Gasteiger partial charge on any atom is 0.229 e. The van der Waals surface area contributed by atoms with Crippen LogP contribution in [0.1, 0.15) is 37.9 Å². The molecule has 0 fully saturated rings. The third-order valence-electron chi connectivity index (χ3n) is 5.75. The number of hydrogen-bond acceptors (Lipinski definition) is 4. The molecule has 2 aromatic heterocycles. The summed E-state index contributed by atoms with van der Waals surface area (Å²) < 4.78 is 7.35. The van der Waals surface area contributed by atoms with Crippen molar-refractivity contribution >= 4 is 22.8 Å². The normalized spacial score (nSPS) is 11.6. The molecule has 33 heavy (non-hydrogen) atoms. The average molecular weight is 443 g/mol. The molecule has 2 heterocycles. The van der Waals surface area contributed by atoms with Crippen molar-refractivity contribution in [3.63, 3.8) is 0 Å². The number of anilines is 1. The summed E-state index contributed by atoms with van der Waals surface area (Å²) in [4.78, 5) is 21.9. The number of hydrogen-bond donors (Lipinski definition) is 1. The summed E-state index contributed by atoms with van der Waals surface area (Å²) in [6.45, 7) is 10.2. The monoisotopic (exact) mass is 442 g/mol. The van der Waals surface area contributed by atoms with Crippen LogP contribution in [0.5, 0.6) is 5.75 Å². The van der Waals surface area contributed by atoms with Gasteiger partial charge in [-0.25, -0.2) is 9.97 Å². The first-order valence-corrected chi connectivity index (χ1v) is 11.0. The predicted molar refractivity (Wildman–Crippen MR) is 133 cm³/mol. The van der Waals surface area contributed by atoms with Crippen molar-refractivity contribution in [1.82, 2.24) is 14.5 Å². The number of methoxy groups -OCH3 is 1. The third-order valence-corrected chi connectivity index (χ3v) is 5.75. The Kier molecular flexibility index (Phi) is 5.93. The number of nitrogens with one attached hydrogen (secondary N) is 1. The second-order valence-electron chi connectivity index (χ2n) is 9.34. The van der Waals surface area contributed by atoms with Crippen molar-refractivity contribution in [1.29, 1.82) is 0 Å². The number of benzene rings is 2. The molecular formula is C27H30N4O2. The van der Waals surface area contributed by atoms with Crippen LogP contribution in [-0.2, 0) is 11.3 Å². The van der Waals surface area contributed by atoms with Gasteiger partial charge in [0.05, 0.1) is 25.0 Å². The molecule has 6 heteroatoms. The Hall–Kier alpha value is -3.67. The number of rotatable bonds is 5. The Morgan fingerprint density at radius 3 is 2.15 bits per heavy atom. The molecule has 170 valence electrons. The van der Waals surface area contributed by atoms with Gasteiger partial charge in [-0.1, -0.05) is 57.2 Å². The smallest absolute Gasteiger partial charge is 0.229 e. The van der Waals surface area contributed by atoms with Crippen molar-refractivity contribution in [3.05, 3.63) is 71.7 Å². The van der Waals surface area contributed by atoms with Crippen LogP contribution in [0.25, 0.3) is 22.3 Å². The second-order valence-corrected chi connectivity index (χ2v) is 9.34. The molecule has 2 aromatic carbocycles. The predicted octanol–water partition coefficient (Wildman–Crippen LogP) is 5.76. The number of ether oxygens (including phenoxy) is 1. The average Bonchev–Trinajstić information content (AvgIpc) is 3.08. The first-order chi connectivity index (χ1) is 15.7. The lowest BCUT2D eigenvalue weighted by Crippen LogP contribution is -2.28. The quantitative estimate of drug-likeness (QED) is 0.427. The first-order valence-electron chi connectivity index (χ1n) is 11.0. The van der Waals surface area contributed by atoms with Crippen LogP contribution in [0.15, 0.2) is 54.6 Å². The second kappa shape index (κ2) is 8.70. The maximum atomic E-state index is 12.4. The standard InChI is InChI=1S/C27H30N4O2/c1-17-23(30-26(32)27(3,4)5)15-24-25(28-17)31(18(2)29-24)16-19-7-9-20(10-8-19)21-11-13-22(33-6)14-12-21/h7-15H,16H2,1-6H3,(H,30,32). The minimum absolute atomic E-state index is 0.0418. The number of carbonyl (C=O) groups excluding carboxylic acids is 1. The lowest BCUT2D eigenvalue weighted by Gasteiger charge is -2.18. The van der Waals surface area contributed by atoms with E-state index in [1.165, 1.54) is 5.56 Å². The molecule has 4 aromatic rings. The van der Waals surface area contributed by atoms with Gasteiger partial charge in [-0.2, -0.15) is 0 Å². The summed E-state index contributed by atoms with van der Waals surface area (Å²) in [5.74, 6) is 1.69. The highest BCUT2D eigenvalue weighted by molar-refractivity contribution is 5.96. The minimum Gasteiger partial charge on any atom is -0.497 e. The van der Waals surface area contributed by atoms with Gasteiger partial charge in [-0.15, -0.1) is 0 Å². The lowest BCUT2D eigenvalue weighted by molar-refractivity contribution is -0.123. The van der Waals surface area contributed by atoms with Crippen LogP contribution in [0.4, 0.5) is 5.69 Å². The molecule has 0 unspecified atom stereocenters. The molecule has 0 aliphatic rings. The number of fused-ring (bicyclic) bond motifs is 1. The van der Waals surface area contributed by atoms with Crippen LogP contribution in [-0.4, -0.2) is 27.6 Å². The van der Waals surface area contributed by atoms with Crippen LogP contribution in [0.3, 0.4) is 0 Å². The molecule has 0 saturated heterocycles. The summed E-state index contributed by atoms with van der Waals surface area (Å²) in [6.07, 6.45) is 0. The van der Waals surface area contributed by atoms with E-state index in [0.29, 0.717) is 12.2 Å². The summed E-state index contributed by atoms with van der Waals surface area (Å²) in [7, 11) is 1.67. The molecule has 0 aliphatic heterocycles. The van der Waals surface area contributed by atoms with E-state index in [-0.39, 0.29) is 5.91 Å². The highest BCUT2D eigenvalue weighted by Crippen LogP contribution is 2.26. The molecule has 6 nitrogen and oxygen atoms in total. The summed E-state index contributed by atoms with van der Waals surface area (Å²) in [6, 6.07) is 18.5. The molecular weight excluding hydrogens is 412 g/mol. The molecule has 1 N–H and O–H groups in total. The van der Waals surface area contributed by atoms with Gasteiger partial charge in [-0.05, 0) is 48.7 Å². The summed E-state index contributed by atoms with van der Waals surface area (Å²) in [5, 5.41) is 2.99. The molecule has 0 saturated carbocycles. The van der Waals surface area contributed by atoms with E-state index in [4.69, 9.17) is 14.7 Å². The fourth-order valence-corrected chi connectivity index (χ4v) is 3.65. The van der Waals surface area contributed by atoms with Gasteiger partial charge in [0.2, 0.25) is 5.91 Å². The Morgan fingerprint density at radius 2 is 1.58 bits per heavy atom. The Labute approximate surface area is 194 Å². The molecule has 0 bridgehead atoms. The van der Waals surface area contributed by atoms with E-state index < -0.39 is 5.41 Å². The zero-order valence-corrected chi connectivity index (χ0v) is 20.1. The maximum absolute atomic E-state index is 12.4. The van der Waals surface area contributed by atoms with Crippen molar-refractivity contribution in [2.75, 3.05) is 12.4 Å². The number of aromatic nitrogens is 3. The van der Waals surface area contributed by atoms with Gasteiger partial charge in [0.15, 0.2) is 5.65 Å². The molecule has 4 rings (SSSR count). The fourth-order valence-electron chi connectivity index (χ4n) is 3.65. The van der Waals surface area contributed by atoms with Gasteiger partial charge in [0, 0.05) is 5.41 Å². The number of nitrogens with zero attached hydrogens (tertiary/aromatic N) is 3. The SMILES string of the molecule is COc1ccc(-c2ccc(Cn3c(C)nc4cc(NC(=O)C(C)(C)C)c(C)nc43)cc2)cc1. The van der Waals surface area contributed by atoms with Gasteiger partial charge < -0.3 is 14.6 Å². The lowest BCUT2D eigenvalue weighted by atomic mass is 9.95. The van der Waals surface area contributed by atoms with E-state index in [1.807, 2.05) is 52.8 Å². The highest BCUT2D eigenvalue weighted by atomic mass is 16.5. The Morgan fingerprint density at radius 1 is 0.970 bits per heavy atom. The Bertz CT molecular complexity index is 1300. The number of carbonyl (C=O) groups is 1. The third kappa shape index (κ3) is 4.75. The molecule has 0 atom stereocenters. The van der Waals surface area contributed by atoms with Crippen LogP contribution < -0.4 is 10.1 Å². The molecule has 0 aliphatic carbocycles. The summed E-state index contributed by atoms with van der Waals surface area (Å²) >= 11 is 0. The largest absolute Gasteiger partial charge is 0.497 e. The number of imidazole rings is 1. The number of amides is 1. The summed E-state index contributed by atoms with van der Waals surface area (Å²) in [5.41, 5.74) is 6.06. The van der Waals surface area contributed by atoms with Crippen LogP contribution >= 0.6 is 0 Å². The van der Waals surface area contributed by atoms with Crippen LogP contribution in [0.2, 0.25) is 0 Å². The van der Waals surface area contributed by atoms with E-state index in [0.717, 1.165) is 39.6 Å². The van der Waals surface area contributed by atoms with Gasteiger partial charge >= 0.3 is 0 Å². The molecule has 0 radical (unpaired) electrons. The van der Waals surface area contributed by atoms with Crippen LogP contribution in [0, 0.1) is 19.3 Å². The Balaban J connectivity index is 1.59. The van der Waals surface area contributed by atoms with Gasteiger partial charge in [-0.3, -0.25) is 4.79 Å². The topological polar surface area (TPSA) is 69.0 Å². The van der Waals surface area contributed by atoms with E-state index in [2.05, 4.69) is 46.3 Å². The molecule has 0 spiro atoms. The zero-order valence-electron chi connectivity index (χ0n) is 20.1. The van der Waals surface area contributed by atoms with Crippen molar-refractivity contribution in [3.8, 4) is 16.9 Å².